The summed E-state index contributed by atoms with van der Waals surface area (Å²) < 4.78 is 5.01. The first kappa shape index (κ1) is 21.6. The van der Waals surface area contributed by atoms with Gasteiger partial charge in [0.1, 0.15) is 12.1 Å². The number of hydrogen-bond acceptors (Lipinski definition) is 5. The predicted octanol–water partition coefficient (Wildman–Crippen LogP) is 2.12. The highest BCUT2D eigenvalue weighted by Crippen LogP contribution is 2.37. The summed E-state index contributed by atoms with van der Waals surface area (Å²) in [4.78, 5) is 50.2. The molecular weight excluding hydrogens is 374 g/mol. The third-order valence-electron chi connectivity index (χ3n) is 6.81. The second kappa shape index (κ2) is 9.13. The number of amides is 4. The molecule has 1 saturated heterocycles. The third-order valence-corrected chi connectivity index (χ3v) is 6.81. The van der Waals surface area contributed by atoms with Crippen LogP contribution in [0.1, 0.15) is 71.6 Å². The van der Waals surface area contributed by atoms with Gasteiger partial charge in [0.15, 0.2) is 6.61 Å². The lowest BCUT2D eigenvalue weighted by Crippen LogP contribution is -2.49. The van der Waals surface area contributed by atoms with Crippen LogP contribution in [-0.4, -0.2) is 53.4 Å². The highest BCUT2D eigenvalue weighted by molar-refractivity contribution is 6.08. The largest absolute Gasteiger partial charge is 0.454 e. The summed E-state index contributed by atoms with van der Waals surface area (Å²) in [6.07, 6.45) is 8.08. The molecule has 3 fully saturated rings. The Bertz CT molecular complexity index is 649. The highest BCUT2D eigenvalue weighted by atomic mass is 16.5. The number of hydrogen-bond donors (Lipinski definition) is 2. The van der Waals surface area contributed by atoms with Crippen LogP contribution < -0.4 is 10.6 Å². The molecule has 0 aromatic rings. The fourth-order valence-electron chi connectivity index (χ4n) is 4.73. The van der Waals surface area contributed by atoms with Crippen molar-refractivity contribution in [3.05, 3.63) is 0 Å². The van der Waals surface area contributed by atoms with Gasteiger partial charge in [0.25, 0.3) is 11.8 Å². The van der Waals surface area contributed by atoms with Crippen molar-refractivity contribution in [1.29, 1.82) is 0 Å². The smallest absolute Gasteiger partial charge is 0.326 e. The Balaban J connectivity index is 1.43. The summed E-state index contributed by atoms with van der Waals surface area (Å²) in [6, 6.07) is -0.427. The number of rotatable bonds is 6. The Morgan fingerprint density at radius 2 is 1.79 bits per heavy atom. The quantitative estimate of drug-likeness (QED) is 0.518. The molecular formula is C21H33N3O5. The van der Waals surface area contributed by atoms with Crippen LogP contribution in [0, 0.1) is 11.8 Å². The molecule has 3 rings (SSSR count). The van der Waals surface area contributed by atoms with E-state index in [0.717, 1.165) is 49.8 Å². The van der Waals surface area contributed by atoms with Gasteiger partial charge in [0.2, 0.25) is 0 Å². The minimum absolute atomic E-state index is 0.126. The van der Waals surface area contributed by atoms with E-state index in [0.29, 0.717) is 24.7 Å². The monoisotopic (exact) mass is 407 g/mol. The summed E-state index contributed by atoms with van der Waals surface area (Å²) in [5, 5.41) is 5.68. The van der Waals surface area contributed by atoms with Crippen molar-refractivity contribution >= 4 is 23.8 Å². The van der Waals surface area contributed by atoms with E-state index in [1.54, 1.807) is 0 Å². The molecule has 8 heteroatoms. The Morgan fingerprint density at radius 3 is 2.41 bits per heavy atom. The van der Waals surface area contributed by atoms with Gasteiger partial charge in [-0.25, -0.2) is 4.79 Å². The van der Waals surface area contributed by atoms with Gasteiger partial charge in [-0.2, -0.15) is 0 Å². The standard InChI is InChI=1S/C21H33N3O5/c1-3-15-8-10-21(11-9-15)19(27)24(20(28)23-21)12-18(26)29-13-17(25)22-16-6-4-14(2)5-7-16/h14-16H,3-13H2,1-2H3,(H,22,25)(H,23,28). The average Bonchev–Trinajstić information content (AvgIpc) is 2.93. The molecule has 0 atom stereocenters. The van der Waals surface area contributed by atoms with Crippen molar-refractivity contribution < 1.29 is 23.9 Å². The van der Waals surface area contributed by atoms with E-state index in [-0.39, 0.29) is 17.9 Å². The van der Waals surface area contributed by atoms with Gasteiger partial charge in [-0.3, -0.25) is 19.3 Å². The third kappa shape index (κ3) is 5.08. The fraction of sp³-hybridized carbons (Fsp3) is 0.810. The normalized spacial score (nSPS) is 32.2. The lowest BCUT2D eigenvalue weighted by molar-refractivity contribution is -0.151. The molecule has 0 unspecified atom stereocenters. The molecule has 1 aliphatic heterocycles. The van der Waals surface area contributed by atoms with Gasteiger partial charge in [-0.05, 0) is 63.2 Å². The molecule has 3 aliphatic rings. The van der Waals surface area contributed by atoms with Gasteiger partial charge in [-0.15, -0.1) is 0 Å². The van der Waals surface area contributed by atoms with Crippen LogP contribution in [-0.2, 0) is 19.1 Å². The maximum atomic E-state index is 12.8. The Labute approximate surface area is 172 Å². The van der Waals surface area contributed by atoms with Crippen LogP contribution in [0.15, 0.2) is 0 Å². The van der Waals surface area contributed by atoms with Crippen molar-refractivity contribution in [3.8, 4) is 0 Å². The van der Waals surface area contributed by atoms with Crippen LogP contribution in [0.2, 0.25) is 0 Å². The van der Waals surface area contributed by atoms with Gasteiger partial charge in [0.05, 0.1) is 0 Å². The van der Waals surface area contributed by atoms with E-state index in [1.807, 2.05) is 0 Å². The molecule has 162 valence electrons. The molecule has 4 amide bonds. The molecule has 0 aromatic heterocycles. The van der Waals surface area contributed by atoms with Crippen LogP contribution in [0.3, 0.4) is 0 Å². The number of nitrogens with one attached hydrogen (secondary N) is 2. The van der Waals surface area contributed by atoms with Crippen molar-refractivity contribution in [1.82, 2.24) is 15.5 Å². The van der Waals surface area contributed by atoms with Crippen LogP contribution in [0.5, 0.6) is 0 Å². The first-order valence-corrected chi connectivity index (χ1v) is 10.9. The molecule has 0 bridgehead atoms. The maximum absolute atomic E-state index is 12.8. The van der Waals surface area contributed by atoms with E-state index in [2.05, 4.69) is 24.5 Å². The minimum atomic E-state index is -0.876. The van der Waals surface area contributed by atoms with Gasteiger partial charge in [-0.1, -0.05) is 20.3 Å². The number of carbonyl (C=O) groups excluding carboxylic acids is 4. The van der Waals surface area contributed by atoms with Gasteiger partial charge < -0.3 is 15.4 Å². The Morgan fingerprint density at radius 1 is 1.14 bits per heavy atom. The van der Waals surface area contributed by atoms with Crippen LogP contribution >= 0.6 is 0 Å². The molecule has 2 aliphatic carbocycles. The fourth-order valence-corrected chi connectivity index (χ4v) is 4.73. The Kier molecular flexibility index (Phi) is 6.80. The number of ether oxygens (including phenoxy) is 1. The molecule has 2 N–H and O–H groups in total. The molecule has 0 aromatic carbocycles. The van der Waals surface area contributed by atoms with Crippen LogP contribution in [0.25, 0.3) is 0 Å². The molecule has 8 nitrogen and oxygen atoms in total. The number of imide groups is 1. The van der Waals surface area contributed by atoms with E-state index < -0.39 is 30.7 Å². The number of nitrogens with zero attached hydrogens (tertiary/aromatic N) is 1. The number of esters is 1. The van der Waals surface area contributed by atoms with Gasteiger partial charge >= 0.3 is 12.0 Å². The lowest BCUT2D eigenvalue weighted by atomic mass is 9.75. The zero-order chi connectivity index (χ0) is 21.0. The van der Waals surface area contributed by atoms with E-state index in [9.17, 15) is 19.2 Å². The SMILES string of the molecule is CCC1CCC2(CC1)NC(=O)N(CC(=O)OCC(=O)NC1CCC(C)CC1)C2=O. The van der Waals surface area contributed by atoms with Crippen LogP contribution in [0.4, 0.5) is 4.79 Å². The highest BCUT2D eigenvalue weighted by Gasteiger charge is 2.52. The molecule has 1 heterocycles. The summed E-state index contributed by atoms with van der Waals surface area (Å²) in [7, 11) is 0. The molecule has 1 spiro atoms. The zero-order valence-corrected chi connectivity index (χ0v) is 17.5. The predicted molar refractivity (Wildman–Crippen MR) is 106 cm³/mol. The van der Waals surface area contributed by atoms with E-state index in [4.69, 9.17) is 4.74 Å². The van der Waals surface area contributed by atoms with Crippen molar-refractivity contribution in [2.45, 2.75) is 83.2 Å². The summed E-state index contributed by atoms with van der Waals surface area (Å²) >= 11 is 0. The van der Waals surface area contributed by atoms with E-state index in [1.165, 1.54) is 0 Å². The molecule has 0 radical (unpaired) electrons. The van der Waals surface area contributed by atoms with Crippen molar-refractivity contribution in [2.75, 3.05) is 13.2 Å². The zero-order valence-electron chi connectivity index (χ0n) is 17.5. The first-order chi connectivity index (χ1) is 13.8. The van der Waals surface area contributed by atoms with Gasteiger partial charge in [0, 0.05) is 6.04 Å². The van der Waals surface area contributed by atoms with Crippen molar-refractivity contribution in [2.24, 2.45) is 11.8 Å². The Hall–Kier alpha value is -2.12. The summed E-state index contributed by atoms with van der Waals surface area (Å²) in [6.45, 7) is 3.48. The topological polar surface area (TPSA) is 105 Å². The second-order valence-corrected chi connectivity index (χ2v) is 8.94. The number of urea groups is 1. The maximum Gasteiger partial charge on any atom is 0.326 e. The summed E-state index contributed by atoms with van der Waals surface area (Å²) in [5.74, 6) is -0.180. The molecule has 29 heavy (non-hydrogen) atoms. The minimum Gasteiger partial charge on any atom is -0.454 e. The second-order valence-electron chi connectivity index (χ2n) is 8.94. The first-order valence-electron chi connectivity index (χ1n) is 10.9. The van der Waals surface area contributed by atoms with E-state index >= 15 is 0 Å². The lowest BCUT2D eigenvalue weighted by Gasteiger charge is -2.34. The summed E-state index contributed by atoms with van der Waals surface area (Å²) in [5.41, 5.74) is -0.876. The van der Waals surface area contributed by atoms with Crippen molar-refractivity contribution in [3.63, 3.8) is 0 Å². The molecule has 2 saturated carbocycles. The number of carbonyl (C=O) groups is 4. The average molecular weight is 408 g/mol.